The smallest absolute Gasteiger partial charge is 0.228 e. The molecular weight excluding hydrogens is 240 g/mol. The molecule has 0 N–H and O–H groups in total. The van der Waals surface area contributed by atoms with Gasteiger partial charge in [0, 0.05) is 18.0 Å². The summed E-state index contributed by atoms with van der Waals surface area (Å²) in [6.07, 6.45) is 2.00. The molecule has 1 saturated heterocycles. The number of hydrogen-bond acceptors (Lipinski definition) is 3. The molecular formula is C15H24N2O2. The molecule has 1 aliphatic rings. The van der Waals surface area contributed by atoms with Gasteiger partial charge in [0.25, 0.3) is 0 Å². The second kappa shape index (κ2) is 4.99. The average Bonchev–Trinajstić information content (AvgIpc) is 2.95. The lowest BCUT2D eigenvalue weighted by Crippen LogP contribution is -2.38. The third-order valence-corrected chi connectivity index (χ3v) is 3.62. The van der Waals surface area contributed by atoms with E-state index in [0.717, 1.165) is 30.8 Å². The lowest BCUT2D eigenvalue weighted by atomic mass is 9.94. The largest absolute Gasteiger partial charge is 0.359 e. The highest BCUT2D eigenvalue weighted by atomic mass is 16.5. The van der Waals surface area contributed by atoms with Crippen LogP contribution in [0.2, 0.25) is 0 Å². The predicted octanol–water partition coefficient (Wildman–Crippen LogP) is 3.51. The summed E-state index contributed by atoms with van der Waals surface area (Å²) in [4.78, 5) is 14.4. The van der Waals surface area contributed by atoms with Crippen molar-refractivity contribution < 1.29 is 9.32 Å². The Hall–Kier alpha value is -1.32. The molecule has 0 aliphatic carbocycles. The summed E-state index contributed by atoms with van der Waals surface area (Å²) in [6, 6.07) is 2.07. The molecule has 1 fully saturated rings. The number of likely N-dealkylation sites (tertiary alicyclic amines) is 1. The molecule has 0 saturated carbocycles. The standard InChI is InChI=1S/C15H24N2O2/c1-10(2)11-9-13(19-16-11)12-7-6-8-17(12)14(18)15(3,4)5/h9-10,12H,6-8H2,1-5H3/t12-/m1/s1. The summed E-state index contributed by atoms with van der Waals surface area (Å²) in [6.45, 7) is 10.9. The third kappa shape index (κ3) is 2.82. The van der Waals surface area contributed by atoms with Gasteiger partial charge >= 0.3 is 0 Å². The Kier molecular flexibility index (Phi) is 3.70. The van der Waals surface area contributed by atoms with Crippen LogP contribution in [0.15, 0.2) is 10.6 Å². The Morgan fingerprint density at radius 2 is 2.16 bits per heavy atom. The second-order valence-corrected chi connectivity index (χ2v) is 6.72. The fraction of sp³-hybridized carbons (Fsp3) is 0.733. The van der Waals surface area contributed by atoms with Crippen molar-refractivity contribution in [3.63, 3.8) is 0 Å². The molecule has 0 unspecified atom stereocenters. The topological polar surface area (TPSA) is 46.3 Å². The number of amides is 1. The fourth-order valence-electron chi connectivity index (χ4n) is 2.47. The van der Waals surface area contributed by atoms with Gasteiger partial charge in [0.15, 0.2) is 5.76 Å². The quantitative estimate of drug-likeness (QED) is 0.821. The molecule has 1 aromatic heterocycles. The van der Waals surface area contributed by atoms with E-state index in [9.17, 15) is 4.79 Å². The summed E-state index contributed by atoms with van der Waals surface area (Å²) >= 11 is 0. The lowest BCUT2D eigenvalue weighted by Gasteiger charge is -2.29. The van der Waals surface area contributed by atoms with Crippen molar-refractivity contribution in [2.75, 3.05) is 6.54 Å². The number of aromatic nitrogens is 1. The highest BCUT2D eigenvalue weighted by molar-refractivity contribution is 5.82. The first-order valence-corrected chi connectivity index (χ1v) is 7.08. The minimum atomic E-state index is -0.344. The molecule has 1 atom stereocenters. The van der Waals surface area contributed by atoms with Crippen molar-refractivity contribution in [1.29, 1.82) is 0 Å². The first kappa shape index (κ1) is 14.1. The number of carbonyl (C=O) groups excluding carboxylic acids is 1. The van der Waals surface area contributed by atoms with Crippen molar-refractivity contribution in [2.24, 2.45) is 5.41 Å². The minimum absolute atomic E-state index is 0.0618. The van der Waals surface area contributed by atoms with Gasteiger partial charge in [-0.15, -0.1) is 0 Å². The van der Waals surface area contributed by atoms with E-state index in [1.807, 2.05) is 31.7 Å². The number of nitrogens with zero attached hydrogens (tertiary/aromatic N) is 2. The summed E-state index contributed by atoms with van der Waals surface area (Å²) in [5.41, 5.74) is 0.619. The molecule has 2 rings (SSSR count). The summed E-state index contributed by atoms with van der Waals surface area (Å²) in [7, 11) is 0. The van der Waals surface area contributed by atoms with Crippen molar-refractivity contribution in [2.45, 2.75) is 59.4 Å². The fourth-order valence-corrected chi connectivity index (χ4v) is 2.47. The first-order chi connectivity index (χ1) is 8.80. The van der Waals surface area contributed by atoms with Crippen molar-refractivity contribution in [3.8, 4) is 0 Å². The number of hydrogen-bond donors (Lipinski definition) is 0. The van der Waals surface area contributed by atoms with Crippen LogP contribution in [0.4, 0.5) is 0 Å². The van der Waals surface area contributed by atoms with E-state index in [-0.39, 0.29) is 17.4 Å². The van der Waals surface area contributed by atoms with Crippen molar-refractivity contribution in [3.05, 3.63) is 17.5 Å². The van der Waals surface area contributed by atoms with E-state index >= 15 is 0 Å². The van der Waals surface area contributed by atoms with Crippen LogP contribution < -0.4 is 0 Å². The molecule has 4 heteroatoms. The summed E-state index contributed by atoms with van der Waals surface area (Å²) in [5.74, 6) is 1.38. The van der Waals surface area contributed by atoms with Crippen LogP contribution in [0.1, 0.15) is 70.9 Å². The highest BCUT2D eigenvalue weighted by Crippen LogP contribution is 2.36. The monoisotopic (exact) mass is 264 g/mol. The molecule has 1 aliphatic heterocycles. The zero-order valence-electron chi connectivity index (χ0n) is 12.6. The van der Waals surface area contributed by atoms with E-state index < -0.39 is 0 Å². The zero-order valence-corrected chi connectivity index (χ0v) is 12.6. The normalized spacial score (nSPS) is 20.3. The average molecular weight is 264 g/mol. The Morgan fingerprint density at radius 1 is 1.47 bits per heavy atom. The van der Waals surface area contributed by atoms with Gasteiger partial charge in [0.2, 0.25) is 5.91 Å². The van der Waals surface area contributed by atoms with E-state index in [1.165, 1.54) is 0 Å². The SMILES string of the molecule is CC(C)c1cc([C@H]2CCCN2C(=O)C(C)(C)C)on1. The predicted molar refractivity (Wildman–Crippen MR) is 73.7 cm³/mol. The van der Waals surface area contributed by atoms with Gasteiger partial charge in [-0.3, -0.25) is 4.79 Å². The van der Waals surface area contributed by atoms with Gasteiger partial charge in [-0.05, 0) is 18.8 Å². The Bertz CT molecular complexity index is 457. The van der Waals surface area contributed by atoms with Gasteiger partial charge in [-0.25, -0.2) is 0 Å². The molecule has 4 nitrogen and oxygen atoms in total. The van der Waals surface area contributed by atoms with Gasteiger partial charge < -0.3 is 9.42 Å². The van der Waals surface area contributed by atoms with Crippen LogP contribution in [0.5, 0.6) is 0 Å². The second-order valence-electron chi connectivity index (χ2n) is 6.72. The lowest BCUT2D eigenvalue weighted by molar-refractivity contribution is -0.140. The summed E-state index contributed by atoms with van der Waals surface area (Å²) in [5, 5.41) is 4.10. The van der Waals surface area contributed by atoms with Gasteiger partial charge in [-0.2, -0.15) is 0 Å². The molecule has 1 aromatic rings. The minimum Gasteiger partial charge on any atom is -0.359 e. The third-order valence-electron chi connectivity index (χ3n) is 3.62. The van der Waals surface area contributed by atoms with Crippen molar-refractivity contribution in [1.82, 2.24) is 10.1 Å². The van der Waals surface area contributed by atoms with Crippen LogP contribution in [-0.2, 0) is 4.79 Å². The van der Waals surface area contributed by atoms with E-state index in [2.05, 4.69) is 19.0 Å². The van der Waals surface area contributed by atoms with E-state index in [0.29, 0.717) is 5.92 Å². The Labute approximate surface area is 115 Å². The number of carbonyl (C=O) groups is 1. The molecule has 0 spiro atoms. The Balaban J connectivity index is 2.21. The van der Waals surface area contributed by atoms with Crippen molar-refractivity contribution >= 4 is 5.91 Å². The van der Waals surface area contributed by atoms with Gasteiger partial charge in [-0.1, -0.05) is 39.8 Å². The summed E-state index contributed by atoms with van der Waals surface area (Å²) < 4.78 is 5.46. The van der Waals surface area contributed by atoms with Crippen LogP contribution in [0.3, 0.4) is 0 Å². The van der Waals surface area contributed by atoms with Gasteiger partial charge in [0.05, 0.1) is 11.7 Å². The molecule has 19 heavy (non-hydrogen) atoms. The van der Waals surface area contributed by atoms with Crippen LogP contribution in [0, 0.1) is 5.41 Å². The molecule has 0 bridgehead atoms. The van der Waals surface area contributed by atoms with Gasteiger partial charge in [0.1, 0.15) is 0 Å². The molecule has 106 valence electrons. The van der Waals surface area contributed by atoms with Crippen LogP contribution in [-0.4, -0.2) is 22.5 Å². The highest BCUT2D eigenvalue weighted by Gasteiger charge is 2.37. The maximum Gasteiger partial charge on any atom is 0.228 e. The van der Waals surface area contributed by atoms with E-state index in [1.54, 1.807) is 0 Å². The zero-order chi connectivity index (χ0) is 14.2. The van der Waals surface area contributed by atoms with Crippen LogP contribution >= 0.6 is 0 Å². The Morgan fingerprint density at radius 3 is 2.68 bits per heavy atom. The molecule has 2 heterocycles. The van der Waals surface area contributed by atoms with Crippen LogP contribution in [0.25, 0.3) is 0 Å². The first-order valence-electron chi connectivity index (χ1n) is 7.08. The molecule has 1 amide bonds. The van der Waals surface area contributed by atoms with E-state index in [4.69, 9.17) is 4.52 Å². The number of rotatable bonds is 2. The maximum absolute atomic E-state index is 12.5. The maximum atomic E-state index is 12.5. The molecule has 0 aromatic carbocycles. The molecule has 0 radical (unpaired) electrons.